The zero-order chi connectivity index (χ0) is 15.6. The predicted molar refractivity (Wildman–Crippen MR) is 87.7 cm³/mol. The van der Waals surface area contributed by atoms with Crippen molar-refractivity contribution in [3.05, 3.63) is 35.1 Å². The molecule has 0 bridgehead atoms. The van der Waals surface area contributed by atoms with Gasteiger partial charge < -0.3 is 10.5 Å². The Balaban J connectivity index is 2.01. The van der Waals surface area contributed by atoms with Crippen molar-refractivity contribution in [3.63, 3.8) is 0 Å². The zero-order valence-electron chi connectivity index (χ0n) is 13.0. The summed E-state index contributed by atoms with van der Waals surface area (Å²) in [5, 5.41) is 0. The Morgan fingerprint density at radius 2 is 2.10 bits per heavy atom. The molecule has 1 saturated carbocycles. The number of hydrogen-bond donors (Lipinski definition) is 1. The van der Waals surface area contributed by atoms with Crippen molar-refractivity contribution in [2.45, 2.75) is 52.7 Å². The molecule has 2 N–H and O–H groups in total. The van der Waals surface area contributed by atoms with Gasteiger partial charge in [-0.25, -0.2) is 4.39 Å². The fourth-order valence-electron chi connectivity index (χ4n) is 3.48. The van der Waals surface area contributed by atoms with Crippen molar-refractivity contribution in [1.29, 1.82) is 0 Å². The molecule has 0 aromatic heterocycles. The molecule has 0 aliphatic heterocycles. The molecule has 116 valence electrons. The Labute approximate surface area is 131 Å². The summed E-state index contributed by atoms with van der Waals surface area (Å²) in [6, 6.07) is 4.65. The van der Waals surface area contributed by atoms with E-state index in [9.17, 15) is 4.39 Å². The van der Waals surface area contributed by atoms with Gasteiger partial charge >= 0.3 is 0 Å². The summed E-state index contributed by atoms with van der Waals surface area (Å²) < 4.78 is 19.6. The third-order valence-electron chi connectivity index (χ3n) is 4.07. The van der Waals surface area contributed by atoms with Crippen LogP contribution in [0.4, 0.5) is 4.39 Å². The van der Waals surface area contributed by atoms with Crippen LogP contribution >= 0.6 is 12.2 Å². The van der Waals surface area contributed by atoms with Crippen LogP contribution in [0.2, 0.25) is 0 Å². The van der Waals surface area contributed by atoms with Gasteiger partial charge in [0, 0.05) is 5.56 Å². The van der Waals surface area contributed by atoms with Crippen LogP contribution in [0.25, 0.3) is 0 Å². The van der Waals surface area contributed by atoms with Crippen molar-refractivity contribution in [2.75, 3.05) is 0 Å². The van der Waals surface area contributed by atoms with E-state index in [1.807, 2.05) is 6.07 Å². The van der Waals surface area contributed by atoms with Crippen LogP contribution in [0.5, 0.6) is 0 Å². The Morgan fingerprint density at radius 1 is 1.38 bits per heavy atom. The fourth-order valence-corrected chi connectivity index (χ4v) is 3.59. The van der Waals surface area contributed by atoms with Gasteiger partial charge in [-0.15, -0.1) is 0 Å². The largest absolute Gasteiger partial charge is 0.389 e. The quantitative estimate of drug-likeness (QED) is 0.847. The van der Waals surface area contributed by atoms with E-state index in [0.29, 0.717) is 23.5 Å². The average molecular weight is 309 g/mol. The first-order valence-electron chi connectivity index (χ1n) is 7.46. The molecule has 4 heteroatoms. The highest BCUT2D eigenvalue weighted by Crippen LogP contribution is 2.39. The summed E-state index contributed by atoms with van der Waals surface area (Å²) in [6.45, 7) is 7.24. The molecule has 2 nitrogen and oxygen atoms in total. The first-order chi connectivity index (χ1) is 9.75. The maximum atomic E-state index is 13.6. The molecule has 2 atom stereocenters. The molecule has 0 radical (unpaired) electrons. The minimum atomic E-state index is -0.323. The Hall–Kier alpha value is -1.00. The minimum Gasteiger partial charge on any atom is -0.389 e. The van der Waals surface area contributed by atoms with Crippen molar-refractivity contribution in [2.24, 2.45) is 17.1 Å². The van der Waals surface area contributed by atoms with Crippen molar-refractivity contribution < 1.29 is 9.13 Å². The van der Waals surface area contributed by atoms with Crippen LogP contribution < -0.4 is 5.73 Å². The van der Waals surface area contributed by atoms with Gasteiger partial charge in [-0.1, -0.05) is 33.0 Å². The van der Waals surface area contributed by atoms with E-state index in [4.69, 9.17) is 22.7 Å². The van der Waals surface area contributed by atoms with E-state index in [0.717, 1.165) is 18.4 Å². The Bertz CT molecular complexity index is 530. The second-order valence-corrected chi connectivity index (χ2v) is 7.50. The number of halogens is 1. The van der Waals surface area contributed by atoms with Gasteiger partial charge in [0.05, 0.1) is 12.7 Å². The third kappa shape index (κ3) is 4.75. The van der Waals surface area contributed by atoms with Crippen LogP contribution in [-0.2, 0) is 11.3 Å². The van der Waals surface area contributed by atoms with E-state index in [2.05, 4.69) is 20.8 Å². The Morgan fingerprint density at radius 3 is 2.71 bits per heavy atom. The number of hydrogen-bond acceptors (Lipinski definition) is 2. The van der Waals surface area contributed by atoms with Crippen molar-refractivity contribution >= 4 is 17.2 Å². The summed E-state index contributed by atoms with van der Waals surface area (Å²) in [5.74, 6) is 0.342. The first kappa shape index (κ1) is 16.4. The molecular formula is C17H24FNOS. The van der Waals surface area contributed by atoms with Crippen LogP contribution in [-0.4, -0.2) is 11.1 Å². The molecule has 0 spiro atoms. The second kappa shape index (κ2) is 6.41. The number of thiocarbonyl (C=S) groups is 1. The highest BCUT2D eigenvalue weighted by Gasteiger charge is 2.32. The minimum absolute atomic E-state index is 0.211. The monoisotopic (exact) mass is 309 g/mol. The first-order valence-corrected chi connectivity index (χ1v) is 7.87. The molecule has 2 unspecified atom stereocenters. The second-order valence-electron chi connectivity index (χ2n) is 7.06. The van der Waals surface area contributed by atoms with Gasteiger partial charge in [-0.3, -0.25) is 0 Å². The lowest BCUT2D eigenvalue weighted by Crippen LogP contribution is -2.32. The molecule has 1 fully saturated rings. The van der Waals surface area contributed by atoms with Gasteiger partial charge in [0.15, 0.2) is 0 Å². The summed E-state index contributed by atoms with van der Waals surface area (Å²) in [6.07, 6.45) is 3.59. The molecule has 1 aromatic carbocycles. The standard InChI is InChI=1S/C17H24FNOS/c1-11-4-15(9-17(2,3)8-11)20-10-12-5-13(16(19)21)7-14(18)6-12/h5-7,11,15H,4,8-10H2,1-3H3,(H2,19,21). The summed E-state index contributed by atoms with van der Waals surface area (Å²) >= 11 is 4.91. The van der Waals surface area contributed by atoms with E-state index < -0.39 is 0 Å². The van der Waals surface area contributed by atoms with Crippen molar-refractivity contribution in [3.8, 4) is 0 Å². The average Bonchev–Trinajstić information content (AvgIpc) is 2.33. The van der Waals surface area contributed by atoms with Gasteiger partial charge in [0.25, 0.3) is 0 Å². The highest BCUT2D eigenvalue weighted by atomic mass is 32.1. The lowest BCUT2D eigenvalue weighted by Gasteiger charge is -2.38. The summed E-state index contributed by atoms with van der Waals surface area (Å²) in [4.78, 5) is 0.211. The van der Waals surface area contributed by atoms with E-state index in [-0.39, 0.29) is 16.9 Å². The van der Waals surface area contributed by atoms with E-state index in [1.165, 1.54) is 18.6 Å². The highest BCUT2D eigenvalue weighted by molar-refractivity contribution is 7.80. The topological polar surface area (TPSA) is 35.2 Å². The number of ether oxygens (including phenoxy) is 1. The predicted octanol–water partition coefficient (Wildman–Crippen LogP) is 4.19. The Kier molecular flexibility index (Phi) is 4.99. The molecule has 0 amide bonds. The van der Waals surface area contributed by atoms with Gasteiger partial charge in [-0.2, -0.15) is 0 Å². The SMILES string of the molecule is CC1CC(OCc2cc(F)cc(C(N)=S)c2)CC(C)(C)C1. The molecule has 1 aliphatic rings. The smallest absolute Gasteiger partial charge is 0.124 e. The summed E-state index contributed by atoms with van der Waals surface area (Å²) in [7, 11) is 0. The van der Waals surface area contributed by atoms with Gasteiger partial charge in [-0.05, 0) is 54.4 Å². The molecular weight excluding hydrogens is 285 g/mol. The van der Waals surface area contributed by atoms with Crippen LogP contribution in [0.15, 0.2) is 18.2 Å². The zero-order valence-corrected chi connectivity index (χ0v) is 13.8. The normalized spacial score (nSPS) is 24.8. The van der Waals surface area contributed by atoms with Crippen molar-refractivity contribution in [1.82, 2.24) is 0 Å². The maximum Gasteiger partial charge on any atom is 0.124 e. The molecule has 1 aromatic rings. The molecule has 0 saturated heterocycles. The number of rotatable bonds is 4. The third-order valence-corrected chi connectivity index (χ3v) is 4.31. The molecule has 1 aliphatic carbocycles. The fraction of sp³-hybridized carbons (Fsp3) is 0.588. The lowest BCUT2D eigenvalue weighted by molar-refractivity contribution is -0.0316. The molecule has 0 heterocycles. The lowest BCUT2D eigenvalue weighted by atomic mass is 9.71. The number of nitrogens with two attached hydrogens (primary N) is 1. The van der Waals surface area contributed by atoms with E-state index >= 15 is 0 Å². The van der Waals surface area contributed by atoms with E-state index in [1.54, 1.807) is 0 Å². The van der Waals surface area contributed by atoms with Crippen LogP contribution in [0, 0.1) is 17.2 Å². The number of benzene rings is 1. The summed E-state index contributed by atoms with van der Waals surface area (Å²) in [5.41, 5.74) is 7.22. The van der Waals surface area contributed by atoms with Gasteiger partial charge in [0.1, 0.15) is 10.8 Å². The van der Waals surface area contributed by atoms with Crippen LogP contribution in [0.3, 0.4) is 0 Å². The van der Waals surface area contributed by atoms with Gasteiger partial charge in [0.2, 0.25) is 0 Å². The maximum absolute atomic E-state index is 13.6. The molecule has 2 rings (SSSR count). The molecule has 21 heavy (non-hydrogen) atoms. The van der Waals surface area contributed by atoms with Crippen LogP contribution in [0.1, 0.15) is 51.2 Å².